The highest BCUT2D eigenvalue weighted by molar-refractivity contribution is 6.03. The summed E-state index contributed by atoms with van der Waals surface area (Å²) >= 11 is 0. The van der Waals surface area contributed by atoms with Gasteiger partial charge in [0.25, 0.3) is 5.91 Å². The lowest BCUT2D eigenvalue weighted by Gasteiger charge is -2.31. The number of hydrogen-bond acceptors (Lipinski definition) is 4. The van der Waals surface area contributed by atoms with Gasteiger partial charge in [-0.15, -0.1) is 0 Å². The fourth-order valence-corrected chi connectivity index (χ4v) is 3.31. The third-order valence-corrected chi connectivity index (χ3v) is 4.58. The molecule has 6 nitrogen and oxygen atoms in total. The van der Waals surface area contributed by atoms with Gasteiger partial charge < -0.3 is 15.0 Å². The van der Waals surface area contributed by atoms with E-state index in [4.69, 9.17) is 4.74 Å². The van der Waals surface area contributed by atoms with E-state index in [0.29, 0.717) is 42.8 Å². The predicted octanol–water partition coefficient (Wildman–Crippen LogP) is 2.17. The zero-order valence-electron chi connectivity index (χ0n) is 14.8. The Balaban J connectivity index is 1.55. The van der Waals surface area contributed by atoms with Crippen molar-refractivity contribution in [3.8, 4) is 5.75 Å². The molecule has 134 valence electrons. The van der Waals surface area contributed by atoms with Crippen LogP contribution in [0.25, 0.3) is 0 Å². The van der Waals surface area contributed by atoms with Crippen molar-refractivity contribution in [3.05, 3.63) is 29.3 Å². The molecule has 1 saturated heterocycles. The van der Waals surface area contributed by atoms with E-state index in [-0.39, 0.29) is 17.6 Å². The standard InChI is InChI=1S/C19H24N2O4/c1-19(2)12-15(22)14-11-13(6-7-16(14)25-19)18(24)20-8-4-10-21-9-3-5-17(21)23/h6-7,11H,3-5,8-10,12H2,1-2H3,(H,20,24). The number of hydrogen-bond donors (Lipinski definition) is 1. The number of ketones is 1. The number of benzene rings is 1. The van der Waals surface area contributed by atoms with E-state index in [9.17, 15) is 14.4 Å². The SMILES string of the molecule is CC1(C)CC(=O)c2cc(C(=O)NCCCN3CCCC3=O)ccc2O1. The molecule has 2 aliphatic heterocycles. The molecule has 0 aromatic heterocycles. The van der Waals surface area contributed by atoms with Gasteiger partial charge in [-0.2, -0.15) is 0 Å². The van der Waals surface area contributed by atoms with Crippen molar-refractivity contribution in [1.29, 1.82) is 0 Å². The van der Waals surface area contributed by atoms with E-state index in [1.165, 1.54) is 0 Å². The van der Waals surface area contributed by atoms with Crippen molar-refractivity contribution in [3.63, 3.8) is 0 Å². The maximum Gasteiger partial charge on any atom is 0.251 e. The van der Waals surface area contributed by atoms with E-state index in [0.717, 1.165) is 19.4 Å². The third-order valence-electron chi connectivity index (χ3n) is 4.58. The summed E-state index contributed by atoms with van der Waals surface area (Å²) in [4.78, 5) is 37.9. The van der Waals surface area contributed by atoms with E-state index in [1.54, 1.807) is 18.2 Å². The minimum atomic E-state index is -0.513. The number of Topliss-reactive ketones (excluding diaryl/α,β-unsaturated/α-hetero) is 1. The summed E-state index contributed by atoms with van der Waals surface area (Å²) in [5, 5.41) is 2.85. The Bertz CT molecular complexity index is 711. The molecule has 2 heterocycles. The molecule has 0 unspecified atom stereocenters. The largest absolute Gasteiger partial charge is 0.487 e. The topological polar surface area (TPSA) is 75.7 Å². The molecule has 0 atom stereocenters. The van der Waals surface area contributed by atoms with Gasteiger partial charge in [0.2, 0.25) is 5.91 Å². The highest BCUT2D eigenvalue weighted by atomic mass is 16.5. The van der Waals surface area contributed by atoms with Crippen molar-refractivity contribution in [1.82, 2.24) is 10.2 Å². The molecular weight excluding hydrogens is 320 g/mol. The van der Waals surface area contributed by atoms with Gasteiger partial charge in [0.1, 0.15) is 11.4 Å². The summed E-state index contributed by atoms with van der Waals surface area (Å²) in [6.45, 7) is 5.73. The molecule has 0 spiro atoms. The van der Waals surface area contributed by atoms with E-state index >= 15 is 0 Å². The minimum absolute atomic E-state index is 0.00607. The first kappa shape index (κ1) is 17.5. The number of likely N-dealkylation sites (tertiary alicyclic amines) is 1. The normalized spacial score (nSPS) is 18.7. The first-order valence-electron chi connectivity index (χ1n) is 8.78. The van der Waals surface area contributed by atoms with Crippen molar-refractivity contribution in [2.75, 3.05) is 19.6 Å². The maximum absolute atomic E-state index is 12.3. The van der Waals surface area contributed by atoms with E-state index in [1.807, 2.05) is 18.7 Å². The highest BCUT2D eigenvalue weighted by Gasteiger charge is 2.32. The van der Waals surface area contributed by atoms with Crippen LogP contribution in [0.3, 0.4) is 0 Å². The van der Waals surface area contributed by atoms with Crippen LogP contribution in [0, 0.1) is 0 Å². The average Bonchev–Trinajstić information content (AvgIpc) is 2.95. The number of nitrogens with zero attached hydrogens (tertiary/aromatic N) is 1. The van der Waals surface area contributed by atoms with Crippen molar-refractivity contribution < 1.29 is 19.1 Å². The molecule has 1 aromatic carbocycles. The van der Waals surface area contributed by atoms with Crippen LogP contribution in [0.2, 0.25) is 0 Å². The molecule has 1 aromatic rings. The smallest absolute Gasteiger partial charge is 0.251 e. The number of nitrogens with one attached hydrogen (secondary N) is 1. The van der Waals surface area contributed by atoms with Crippen molar-refractivity contribution in [2.24, 2.45) is 0 Å². The molecule has 2 amide bonds. The van der Waals surface area contributed by atoms with Crippen LogP contribution in [-0.4, -0.2) is 47.7 Å². The Labute approximate surface area is 147 Å². The summed E-state index contributed by atoms with van der Waals surface area (Å²) in [7, 11) is 0. The van der Waals surface area contributed by atoms with Gasteiger partial charge >= 0.3 is 0 Å². The molecule has 1 fully saturated rings. The second kappa shape index (κ2) is 6.86. The van der Waals surface area contributed by atoms with Crippen LogP contribution in [0.1, 0.15) is 60.2 Å². The van der Waals surface area contributed by atoms with Gasteiger partial charge in [0.05, 0.1) is 12.0 Å². The Kier molecular flexibility index (Phi) is 4.79. The Morgan fingerprint density at radius 1 is 1.32 bits per heavy atom. The Hall–Kier alpha value is -2.37. The third kappa shape index (κ3) is 4.00. The van der Waals surface area contributed by atoms with E-state index in [2.05, 4.69) is 5.32 Å². The molecular formula is C19H24N2O4. The van der Waals surface area contributed by atoms with E-state index < -0.39 is 5.60 Å². The molecule has 3 rings (SSSR count). The minimum Gasteiger partial charge on any atom is -0.487 e. The Morgan fingerprint density at radius 2 is 2.12 bits per heavy atom. The van der Waals surface area contributed by atoms with Crippen LogP contribution in [-0.2, 0) is 4.79 Å². The average molecular weight is 344 g/mol. The summed E-state index contributed by atoms with van der Waals surface area (Å²) in [5.41, 5.74) is 0.406. The molecule has 6 heteroatoms. The monoisotopic (exact) mass is 344 g/mol. The zero-order valence-corrected chi connectivity index (χ0v) is 14.8. The van der Waals surface area contributed by atoms with Crippen LogP contribution >= 0.6 is 0 Å². The van der Waals surface area contributed by atoms with Crippen LogP contribution in [0.5, 0.6) is 5.75 Å². The van der Waals surface area contributed by atoms with Crippen molar-refractivity contribution in [2.45, 2.75) is 45.1 Å². The predicted molar refractivity (Wildman–Crippen MR) is 92.9 cm³/mol. The maximum atomic E-state index is 12.3. The first-order chi connectivity index (χ1) is 11.9. The van der Waals surface area contributed by atoms with Gasteiger partial charge in [0.15, 0.2) is 5.78 Å². The fourth-order valence-electron chi connectivity index (χ4n) is 3.31. The molecule has 0 radical (unpaired) electrons. The second-order valence-corrected chi connectivity index (χ2v) is 7.27. The number of ether oxygens (including phenoxy) is 1. The second-order valence-electron chi connectivity index (χ2n) is 7.27. The molecule has 0 bridgehead atoms. The van der Waals surface area contributed by atoms with Crippen LogP contribution in [0.15, 0.2) is 18.2 Å². The van der Waals surface area contributed by atoms with Gasteiger partial charge in [-0.1, -0.05) is 0 Å². The number of rotatable bonds is 5. The lowest BCUT2D eigenvalue weighted by molar-refractivity contribution is -0.127. The number of carbonyl (C=O) groups excluding carboxylic acids is 3. The van der Waals surface area contributed by atoms with Gasteiger partial charge in [-0.3, -0.25) is 14.4 Å². The zero-order chi connectivity index (χ0) is 18.0. The fraction of sp³-hybridized carbons (Fsp3) is 0.526. The summed E-state index contributed by atoms with van der Waals surface area (Å²) in [6, 6.07) is 4.96. The summed E-state index contributed by atoms with van der Waals surface area (Å²) in [5.74, 6) is 0.509. The lowest BCUT2D eigenvalue weighted by atomic mass is 9.92. The summed E-state index contributed by atoms with van der Waals surface area (Å²) < 4.78 is 5.80. The molecule has 0 aliphatic carbocycles. The lowest BCUT2D eigenvalue weighted by Crippen LogP contribution is -2.36. The molecule has 25 heavy (non-hydrogen) atoms. The van der Waals surface area contributed by atoms with Crippen molar-refractivity contribution >= 4 is 17.6 Å². The number of carbonyl (C=O) groups is 3. The molecule has 0 saturated carbocycles. The summed E-state index contributed by atoms with van der Waals surface area (Å²) in [6.07, 6.45) is 2.58. The van der Waals surface area contributed by atoms with Gasteiger partial charge in [-0.05, 0) is 44.9 Å². The van der Waals surface area contributed by atoms with Crippen LogP contribution in [0.4, 0.5) is 0 Å². The first-order valence-corrected chi connectivity index (χ1v) is 8.78. The number of amides is 2. The molecule has 1 N–H and O–H groups in total. The van der Waals surface area contributed by atoms with Gasteiger partial charge in [0, 0.05) is 31.6 Å². The highest BCUT2D eigenvalue weighted by Crippen LogP contribution is 2.33. The quantitative estimate of drug-likeness (QED) is 0.831. The number of fused-ring (bicyclic) bond motifs is 1. The van der Waals surface area contributed by atoms with Gasteiger partial charge in [-0.25, -0.2) is 0 Å². The Morgan fingerprint density at radius 3 is 2.84 bits per heavy atom. The molecule has 2 aliphatic rings. The van der Waals surface area contributed by atoms with Crippen LogP contribution < -0.4 is 10.1 Å².